The van der Waals surface area contributed by atoms with Crippen molar-refractivity contribution in [3.63, 3.8) is 0 Å². The van der Waals surface area contributed by atoms with Crippen LogP contribution in [0.15, 0.2) is 143 Å². The van der Waals surface area contributed by atoms with Crippen molar-refractivity contribution >= 4 is 82.4 Å². The van der Waals surface area contributed by atoms with Crippen LogP contribution in [0.4, 0.5) is 0 Å². The fourth-order valence-electron chi connectivity index (χ4n) is 12.1. The lowest BCUT2D eigenvalue weighted by Gasteiger charge is -2.36. The topological polar surface area (TPSA) is 243 Å². The van der Waals surface area contributed by atoms with Crippen molar-refractivity contribution in [1.82, 2.24) is 29.4 Å². The predicted molar refractivity (Wildman–Crippen MR) is 455 cm³/mol. The highest BCUT2D eigenvalue weighted by molar-refractivity contribution is 6.48. The molecule has 0 saturated heterocycles. The summed E-state index contributed by atoms with van der Waals surface area (Å²) in [6.07, 6.45) is 32.2. The summed E-state index contributed by atoms with van der Waals surface area (Å²) in [7, 11) is 0. The molecule has 10 aliphatic rings. The third kappa shape index (κ3) is 32.4. The molecular formula is C92H141ClN6O14. The number of ketones is 1. The molecule has 4 unspecified atom stereocenters. The van der Waals surface area contributed by atoms with Gasteiger partial charge in [0.1, 0.15) is 22.7 Å². The van der Waals surface area contributed by atoms with E-state index >= 15 is 0 Å². The number of Topliss-reactive ketones (excluding diaryl/α,β-unsaturated/α-hetero) is 1. The van der Waals surface area contributed by atoms with E-state index in [1.165, 1.54) is 62.3 Å². The molecule has 8 heterocycles. The summed E-state index contributed by atoms with van der Waals surface area (Å²) in [5.74, 6) is 0.820. The molecular weight excluding hydrogens is 1450 g/mol. The van der Waals surface area contributed by atoms with Gasteiger partial charge in [-0.15, -0.1) is 0 Å². The lowest BCUT2D eigenvalue weighted by Crippen LogP contribution is -2.46. The van der Waals surface area contributed by atoms with Gasteiger partial charge in [-0.2, -0.15) is 0 Å². The van der Waals surface area contributed by atoms with Crippen molar-refractivity contribution in [2.45, 2.75) is 307 Å². The first-order valence-electron chi connectivity index (χ1n) is 39.2. The van der Waals surface area contributed by atoms with Crippen molar-refractivity contribution < 1.29 is 67.0 Å². The van der Waals surface area contributed by atoms with Gasteiger partial charge in [-0.3, -0.25) is 72.3 Å². The Morgan fingerprint density at radius 3 is 1.12 bits per heavy atom. The number of halogens is 1. The van der Waals surface area contributed by atoms with Crippen molar-refractivity contribution in [2.24, 2.45) is 39.4 Å². The first-order valence-corrected chi connectivity index (χ1v) is 39.5. The molecule has 10 amide bonds. The van der Waals surface area contributed by atoms with Gasteiger partial charge in [0.25, 0.3) is 47.3 Å². The van der Waals surface area contributed by atoms with E-state index in [1.54, 1.807) is 60.6 Å². The predicted octanol–water partition coefficient (Wildman–Crippen LogP) is 18.1. The fraction of sp³-hybridized carbons (Fsp3) is 0.609. The third-order valence-electron chi connectivity index (χ3n) is 19.3. The van der Waals surface area contributed by atoms with E-state index in [0.29, 0.717) is 52.4 Å². The second-order valence-electron chi connectivity index (χ2n) is 39.8. The van der Waals surface area contributed by atoms with Crippen molar-refractivity contribution in [3.8, 4) is 0 Å². The summed E-state index contributed by atoms with van der Waals surface area (Å²) >= 11 is 5.68. The Kier molecular flexibility index (Phi) is 37.0. The molecule has 0 saturated carbocycles. The molecule has 8 aliphatic heterocycles. The number of imide groups is 4. The average Bonchev–Trinajstić information content (AvgIpc) is 1.64. The van der Waals surface area contributed by atoms with Crippen LogP contribution in [0, 0.1) is 39.4 Å². The summed E-state index contributed by atoms with van der Waals surface area (Å²) in [6, 6.07) is 0. The third-order valence-corrected chi connectivity index (χ3v) is 19.7. The van der Waals surface area contributed by atoms with Crippen molar-refractivity contribution in [2.75, 3.05) is 19.7 Å². The highest BCUT2D eigenvalue weighted by Gasteiger charge is 2.43. The zero-order valence-electron chi connectivity index (χ0n) is 75.3. The number of nitrogens with zero attached hydrogens (tertiary/aromatic N) is 6. The Balaban J connectivity index is 0.000000628. The van der Waals surface area contributed by atoms with Gasteiger partial charge < -0.3 is 19.3 Å². The molecule has 0 aromatic carbocycles. The van der Waals surface area contributed by atoms with Crippen LogP contribution < -0.4 is 0 Å². The van der Waals surface area contributed by atoms with E-state index < -0.39 is 28.1 Å². The maximum atomic E-state index is 11.6. The molecule has 0 aromatic heterocycles. The summed E-state index contributed by atoms with van der Waals surface area (Å²) in [5.41, 5.74) is 2.44. The number of carbonyl (C=O) groups excluding carboxylic acids is 12. The number of esters is 1. The molecule has 0 fully saturated rings. The van der Waals surface area contributed by atoms with Crippen LogP contribution in [0.25, 0.3) is 0 Å². The van der Waals surface area contributed by atoms with Gasteiger partial charge in [-0.1, -0.05) is 156 Å². The lowest BCUT2D eigenvalue weighted by atomic mass is 9.73. The van der Waals surface area contributed by atoms with E-state index in [9.17, 15) is 57.5 Å². The molecule has 21 heteroatoms. The monoisotopic (exact) mass is 1590 g/mol. The molecule has 0 radical (unpaired) electrons. The quantitative estimate of drug-likeness (QED) is 0.124. The molecule has 113 heavy (non-hydrogen) atoms. The molecule has 10 rings (SSSR count). The minimum Gasteiger partial charge on any atom is -0.486 e. The fourth-order valence-corrected chi connectivity index (χ4v) is 12.3. The van der Waals surface area contributed by atoms with E-state index in [2.05, 4.69) is 141 Å². The van der Waals surface area contributed by atoms with E-state index in [4.69, 9.17) is 21.1 Å². The number of rotatable bonds is 0. The van der Waals surface area contributed by atoms with Crippen LogP contribution in [-0.4, -0.2) is 159 Å². The van der Waals surface area contributed by atoms with Crippen LogP contribution in [0.3, 0.4) is 0 Å². The first kappa shape index (κ1) is 103. The van der Waals surface area contributed by atoms with Crippen LogP contribution in [0.5, 0.6) is 0 Å². The lowest BCUT2D eigenvalue weighted by molar-refractivity contribution is -0.144. The standard InChI is InChI=1S/C11H18.C10H15NO2.C10H16O.C9H12ClNO2.C9H13NO2.C9H15NO.C9H14O2.C9H14O.C8H11NO2.C8H13NO/c1-9-6-5-7-10(8-9)11(2,3)4;1-6-7(2)9(13)11(8(6)12)10(3,4)5;1-10(2,3)8-6-4-5-7-9(8)11;1-5-6(10)8(13)11(7(5)12)9(2,3)4;1-6-5-7(11)10(8(6)12)9(2,3)4;1-9(2,3)10-7-5-4-6-8(10)11;1-9(2,3)7-4-5-8(10)11-6-7;1-7-5-6-8(10-7)9(2,3)4;1-8(2,3)9-6(10)4-5-7(9)11;1-8(2,3)9-6-4-5-7(9)10/h5-6,10H,1,7-8H2,2-4H3;1-5H3;4-5,8H,6-7H2,1-3H3;1-4H3;5H,1-4H3;4,6H,5,7H2,1-3H3;4-5,7H,6H2,1-3H3;5-6,8H,1H2,2-4H3;4-5H,1-3H3;4-5H,6H2,1-3H3. The number of ether oxygens (including phenoxy) is 2. The SMILES string of the molecule is C=C1C=CC(C(C)(C)C)O1.C=C1C=CCC(C(C)(C)C)C1.CC(C)(C)C1C=CC(=O)OC1.CC(C)(C)C1CC=CCC1=O.CC(C)(C)N1C(=O)C=CC1=O.CC(C)(C)N1CC=CC1=O.CC(C)(C)N1CCC=CC1=O.CC1=C(C)C(=O)N(C(C)(C)C)C1=O.CC1=C(Cl)C(=O)N(C(C)(C)C)C1=O.CC1=CC(=O)N(C(C)(C)C)C1=O. The minimum atomic E-state index is -0.508. The van der Waals surface area contributed by atoms with Crippen molar-refractivity contribution in [3.05, 3.63) is 143 Å². The summed E-state index contributed by atoms with van der Waals surface area (Å²) < 4.78 is 10.3. The number of hydrogen-bond acceptors (Lipinski definition) is 14. The molecule has 0 N–H and O–H groups in total. The molecule has 20 nitrogen and oxygen atoms in total. The zero-order chi connectivity index (χ0) is 88.4. The van der Waals surface area contributed by atoms with Gasteiger partial charge in [0.05, 0.1) is 6.61 Å². The number of amides is 10. The molecule has 0 spiro atoms. The highest BCUT2D eigenvalue weighted by atomic mass is 35.5. The van der Waals surface area contributed by atoms with Gasteiger partial charge in [0.15, 0.2) is 0 Å². The Morgan fingerprint density at radius 2 is 0.867 bits per heavy atom. The Hall–Kier alpha value is -8.39. The maximum absolute atomic E-state index is 11.6. The molecule has 0 bridgehead atoms. The Morgan fingerprint density at radius 1 is 0.407 bits per heavy atom. The Labute approximate surface area is 684 Å². The van der Waals surface area contributed by atoms with Crippen LogP contribution in [0.2, 0.25) is 0 Å². The molecule has 0 aromatic rings. The van der Waals surface area contributed by atoms with Gasteiger partial charge >= 0.3 is 5.97 Å². The van der Waals surface area contributed by atoms with Crippen molar-refractivity contribution in [1.29, 1.82) is 0 Å². The number of cyclic esters (lactones) is 1. The first-order chi connectivity index (χ1) is 50.8. The van der Waals surface area contributed by atoms with Gasteiger partial charge in [-0.05, 0) is 218 Å². The Bertz CT molecular complexity index is 3720. The molecule has 4 atom stereocenters. The average molecular weight is 1590 g/mol. The maximum Gasteiger partial charge on any atom is 0.330 e. The number of allylic oxidation sites excluding steroid dienone is 6. The van der Waals surface area contributed by atoms with E-state index in [1.807, 2.05) is 123 Å². The zero-order valence-corrected chi connectivity index (χ0v) is 76.1. The van der Waals surface area contributed by atoms with Gasteiger partial charge in [-0.25, -0.2) is 4.79 Å². The molecule has 2 aliphatic carbocycles. The second kappa shape index (κ2) is 40.8. The van der Waals surface area contributed by atoms with E-state index in [0.717, 1.165) is 37.6 Å². The largest absolute Gasteiger partial charge is 0.486 e. The van der Waals surface area contributed by atoms with Gasteiger partial charge in [0.2, 0.25) is 11.8 Å². The number of hydrogen-bond donors (Lipinski definition) is 0. The second-order valence-corrected chi connectivity index (χ2v) is 40.2. The van der Waals surface area contributed by atoms with Crippen LogP contribution >= 0.6 is 11.6 Å². The van der Waals surface area contributed by atoms with Crippen LogP contribution in [0.1, 0.15) is 268 Å². The smallest absolute Gasteiger partial charge is 0.330 e. The summed E-state index contributed by atoms with van der Waals surface area (Å²) in [5, 5.41) is 0.0416. The van der Waals surface area contributed by atoms with E-state index in [-0.39, 0.29) is 104 Å². The minimum absolute atomic E-state index is 0.0259. The summed E-state index contributed by atoms with van der Waals surface area (Å²) in [4.78, 5) is 144. The molecule has 630 valence electrons. The van der Waals surface area contributed by atoms with Gasteiger partial charge in [0, 0.05) is 123 Å². The summed E-state index contributed by atoms with van der Waals surface area (Å²) in [6.45, 7) is 76.9. The highest BCUT2D eigenvalue weighted by Crippen LogP contribution is 2.38. The normalized spacial score (nSPS) is 21.3. The number of carbonyl (C=O) groups is 12. The van der Waals surface area contributed by atoms with Crippen LogP contribution in [-0.2, 0) is 67.0 Å².